The van der Waals surface area contributed by atoms with Crippen LogP contribution >= 0.6 is 23.1 Å². The van der Waals surface area contributed by atoms with E-state index in [-0.39, 0.29) is 35.3 Å². The lowest BCUT2D eigenvalue weighted by Crippen LogP contribution is -2.48. The van der Waals surface area contributed by atoms with Gasteiger partial charge in [-0.3, -0.25) is 18.7 Å². The van der Waals surface area contributed by atoms with Crippen molar-refractivity contribution in [2.75, 3.05) is 44.2 Å². The van der Waals surface area contributed by atoms with Gasteiger partial charge in [0.15, 0.2) is 6.54 Å². The van der Waals surface area contributed by atoms with E-state index in [9.17, 15) is 40.3 Å². The van der Waals surface area contributed by atoms with E-state index in [1.807, 2.05) is 21.6 Å². The van der Waals surface area contributed by atoms with E-state index in [4.69, 9.17) is 14.9 Å². The maximum Gasteiger partial charge on any atom is 0.409 e. The Labute approximate surface area is 369 Å². The zero-order chi connectivity index (χ0) is 44.6. The molecule has 0 saturated carbocycles. The van der Waals surface area contributed by atoms with Crippen LogP contribution < -0.4 is 9.47 Å². The Morgan fingerprint density at radius 3 is 2.13 bits per heavy atom. The maximum absolute atomic E-state index is 12.6. The number of unbranched alkanes of at least 4 members (excludes halogenated alkanes) is 4. The Bertz CT molecular complexity index is 2540. The second-order valence-electron chi connectivity index (χ2n) is 15.0. The Morgan fingerprint density at radius 2 is 1.47 bits per heavy atom. The van der Waals surface area contributed by atoms with Gasteiger partial charge in [-0.2, -0.15) is 21.4 Å². The highest BCUT2D eigenvalue weighted by atomic mass is 32.2. The fraction of sp³-hybridized carbons (Fsp3) is 0.429. The van der Waals surface area contributed by atoms with Gasteiger partial charge in [-0.1, -0.05) is 35.6 Å². The number of allylic oxidation sites excluding steroid dienone is 5. The Morgan fingerprint density at radius 1 is 0.806 bits per heavy atom. The summed E-state index contributed by atoms with van der Waals surface area (Å²) in [5.41, 5.74) is 4.40. The number of carboxylic acid groups (broad SMARTS) is 2. The van der Waals surface area contributed by atoms with E-state index in [0.29, 0.717) is 102 Å². The van der Waals surface area contributed by atoms with Gasteiger partial charge in [0.05, 0.1) is 22.2 Å². The third-order valence-electron chi connectivity index (χ3n) is 10.8. The molecular formula is C42H51N4O12S4+. The quantitative estimate of drug-likeness (QED) is 0.0531. The predicted octanol–water partition coefficient (Wildman–Crippen LogP) is 7.19. The number of thiazole rings is 1. The minimum absolute atomic E-state index is 0.0550. The first-order valence-electron chi connectivity index (χ1n) is 20.5. The smallest absolute Gasteiger partial charge is 0.409 e. The van der Waals surface area contributed by atoms with Crippen LogP contribution in [0.1, 0.15) is 76.1 Å². The number of carbonyl (C=O) groups excluding carboxylic acids is 1. The molecule has 1 fully saturated rings. The number of carbonyl (C=O) groups is 3. The monoisotopic (exact) mass is 931 g/mol. The lowest BCUT2D eigenvalue weighted by molar-refractivity contribution is -0.669. The molecule has 334 valence electrons. The molecule has 3 aromatic rings. The molecule has 2 aliphatic heterocycles. The van der Waals surface area contributed by atoms with Crippen molar-refractivity contribution >= 4 is 83.3 Å². The first kappa shape index (κ1) is 46.8. The van der Waals surface area contributed by atoms with Gasteiger partial charge in [-0.25, -0.2) is 4.79 Å². The van der Waals surface area contributed by atoms with Gasteiger partial charge < -0.3 is 29.6 Å². The number of rotatable bonds is 19. The normalized spacial score (nSPS) is 17.3. The largest absolute Gasteiger partial charge is 0.481 e. The molecule has 3 heterocycles. The molecule has 1 saturated heterocycles. The van der Waals surface area contributed by atoms with E-state index in [1.165, 1.54) is 47.4 Å². The van der Waals surface area contributed by atoms with Crippen LogP contribution in [-0.2, 0) is 41.1 Å². The van der Waals surface area contributed by atoms with Crippen molar-refractivity contribution in [3.8, 4) is 0 Å². The number of anilines is 1. The van der Waals surface area contributed by atoms with Crippen LogP contribution in [-0.4, -0.2) is 103 Å². The van der Waals surface area contributed by atoms with Gasteiger partial charge in [-0.05, 0) is 99.1 Å². The Kier molecular flexibility index (Phi) is 15.6. The molecule has 0 atom stereocenters. The average molecular weight is 932 g/mol. The van der Waals surface area contributed by atoms with E-state index in [2.05, 4.69) is 17.1 Å². The minimum Gasteiger partial charge on any atom is -0.481 e. The van der Waals surface area contributed by atoms with Crippen molar-refractivity contribution in [2.45, 2.75) is 92.4 Å². The molecule has 2 aromatic carbocycles. The van der Waals surface area contributed by atoms with Crippen molar-refractivity contribution in [1.82, 2.24) is 9.80 Å². The number of carboxylic acids is 2. The first-order chi connectivity index (χ1) is 29.5. The summed E-state index contributed by atoms with van der Waals surface area (Å²) in [5, 5.41) is 19.9. The summed E-state index contributed by atoms with van der Waals surface area (Å²) in [4.78, 5) is 41.2. The van der Waals surface area contributed by atoms with Crippen molar-refractivity contribution in [3.63, 3.8) is 0 Å². The highest BCUT2D eigenvalue weighted by Crippen LogP contribution is 2.47. The van der Waals surface area contributed by atoms with Crippen LogP contribution in [0.2, 0.25) is 0 Å². The van der Waals surface area contributed by atoms with Gasteiger partial charge in [0, 0.05) is 74.7 Å². The predicted molar refractivity (Wildman–Crippen MR) is 235 cm³/mol. The van der Waals surface area contributed by atoms with Gasteiger partial charge >= 0.3 is 18.0 Å². The molecule has 0 unspecified atom stereocenters. The summed E-state index contributed by atoms with van der Waals surface area (Å²) in [6, 6.07) is 8.98. The summed E-state index contributed by atoms with van der Waals surface area (Å²) in [6.07, 6.45) is 12.9. The number of fused-ring (bicyclic) bond motifs is 2. The lowest BCUT2D eigenvalue weighted by Gasteiger charge is -2.37. The summed E-state index contributed by atoms with van der Waals surface area (Å²) in [7, 11) is -8.92. The van der Waals surface area contributed by atoms with Crippen LogP contribution in [0.4, 0.5) is 10.5 Å². The average Bonchev–Trinajstić information content (AvgIpc) is 3.90. The van der Waals surface area contributed by atoms with E-state index >= 15 is 0 Å². The molecule has 0 bridgehead atoms. The third-order valence-corrected chi connectivity index (χ3v) is 14.8. The molecule has 1 aromatic heterocycles. The molecule has 0 radical (unpaired) electrons. The van der Waals surface area contributed by atoms with E-state index in [0.717, 1.165) is 36.5 Å². The third kappa shape index (κ3) is 11.8. The molecule has 0 spiro atoms. The van der Waals surface area contributed by atoms with Crippen molar-refractivity contribution in [1.29, 1.82) is 0 Å². The number of hydrogen-bond acceptors (Lipinski definition) is 12. The summed E-state index contributed by atoms with van der Waals surface area (Å²) >= 11 is 2.94. The summed E-state index contributed by atoms with van der Waals surface area (Å²) in [6.45, 7) is 5.06. The zero-order valence-electron chi connectivity index (χ0n) is 34.3. The van der Waals surface area contributed by atoms with E-state index < -0.39 is 32.2 Å². The molecular weight excluding hydrogens is 881 g/mol. The van der Waals surface area contributed by atoms with Gasteiger partial charge in [0.2, 0.25) is 5.52 Å². The molecule has 1 aliphatic carbocycles. The first-order valence-corrected chi connectivity index (χ1v) is 25.0. The molecule has 62 heavy (non-hydrogen) atoms. The van der Waals surface area contributed by atoms with Crippen molar-refractivity contribution in [2.24, 2.45) is 0 Å². The molecule has 6 rings (SSSR count). The van der Waals surface area contributed by atoms with Gasteiger partial charge in [0.1, 0.15) is 9.60 Å². The zero-order valence-corrected chi connectivity index (χ0v) is 37.5. The standard InChI is InChI=1S/C42H50N4O12S4/c1-2-58-42(51)44-25-23-43(24-26-44)41-29(13-19-37-45(21-7-3-5-9-39(47)48)33-27-31(61(52,53)54)15-17-35(33)59-37)11-12-30(41)14-20-38-46(22-8-4-6-10-40(49)50)34-28-32(62(55,56)57)16-18-36(34)60-38/h13-20,27-28H,2-12,21-26H2,1H3,(H3-,47,48,49,50,52,53,54,55,56,57)/p+1. The second kappa shape index (κ2) is 20.6. The number of amides is 1. The number of piperazine rings is 1. The van der Waals surface area contributed by atoms with Crippen LogP contribution in [0.25, 0.3) is 16.3 Å². The number of aliphatic carboxylic acids is 2. The van der Waals surface area contributed by atoms with Gasteiger partial charge in [0.25, 0.3) is 25.2 Å². The highest BCUT2D eigenvalue weighted by Gasteiger charge is 2.31. The number of thioether (sulfide) groups is 1. The van der Waals surface area contributed by atoms with Crippen LogP contribution in [0.15, 0.2) is 91.2 Å². The topological polar surface area (TPSA) is 223 Å². The van der Waals surface area contributed by atoms with Crippen LogP contribution in [0.3, 0.4) is 0 Å². The maximum atomic E-state index is 12.6. The number of aromatic nitrogens is 1. The summed E-state index contributed by atoms with van der Waals surface area (Å²) in [5.74, 6) is -1.73. The van der Waals surface area contributed by atoms with Gasteiger partial charge in [-0.15, -0.1) is 0 Å². The summed E-state index contributed by atoms with van der Waals surface area (Å²) < 4.78 is 76.1. The van der Waals surface area contributed by atoms with E-state index in [1.54, 1.807) is 24.0 Å². The number of nitrogens with zero attached hydrogens (tertiary/aromatic N) is 4. The Hall–Kier alpha value is -4.73. The van der Waals surface area contributed by atoms with Crippen LogP contribution in [0, 0.1) is 0 Å². The fourth-order valence-electron chi connectivity index (χ4n) is 7.75. The minimum atomic E-state index is -4.46. The fourth-order valence-corrected chi connectivity index (χ4v) is 10.9. The SMILES string of the molecule is CCOC(=O)N1CCN(C2=C(C=Cc3sc4ccc(S(=O)(=O)O)cc4[n+]3CCCCCC(=O)O)CCC2=CC=C2Sc3ccc(S(=O)(=O)O)cc3N2CCCCCC(=O)O)CC1. The van der Waals surface area contributed by atoms with Crippen molar-refractivity contribution < 1.29 is 59.8 Å². The highest BCUT2D eigenvalue weighted by molar-refractivity contribution is 8.03. The molecule has 1 amide bonds. The number of aryl methyl sites for hydroxylation is 1. The Balaban J connectivity index is 1.36. The number of hydrogen-bond donors (Lipinski definition) is 4. The molecule has 4 N–H and O–H groups in total. The van der Waals surface area contributed by atoms with Crippen molar-refractivity contribution in [3.05, 3.63) is 81.5 Å². The molecule has 3 aliphatic rings. The molecule has 20 heteroatoms. The lowest BCUT2D eigenvalue weighted by atomic mass is 10.1. The number of ether oxygens (including phenoxy) is 1. The van der Waals surface area contributed by atoms with Crippen LogP contribution in [0.5, 0.6) is 0 Å². The molecule has 16 nitrogen and oxygen atoms in total. The number of benzene rings is 2. The second-order valence-corrected chi connectivity index (χ2v) is 20.0.